The number of fused-ring (bicyclic) bond motifs is 1. The molecule has 0 bridgehead atoms. The van der Waals surface area contributed by atoms with E-state index >= 15 is 0 Å². The molecular weight excluding hydrogens is 404 g/mol. The molecule has 0 unspecified atom stereocenters. The minimum atomic E-state index is -0.323. The molecule has 0 aliphatic heterocycles. The highest BCUT2D eigenvalue weighted by molar-refractivity contribution is 5.88. The fourth-order valence-electron chi connectivity index (χ4n) is 3.91. The van der Waals surface area contributed by atoms with Gasteiger partial charge in [0, 0.05) is 12.1 Å². The van der Waals surface area contributed by atoms with Crippen molar-refractivity contribution in [3.05, 3.63) is 52.9 Å². The first kappa shape index (κ1) is 23.7. The van der Waals surface area contributed by atoms with E-state index in [2.05, 4.69) is 6.92 Å². The van der Waals surface area contributed by atoms with Crippen LogP contribution in [0.25, 0.3) is 22.1 Å². The van der Waals surface area contributed by atoms with E-state index in [0.29, 0.717) is 23.5 Å². The van der Waals surface area contributed by atoms with Crippen molar-refractivity contribution in [3.63, 3.8) is 0 Å². The second kappa shape index (κ2) is 12.2. The molecule has 32 heavy (non-hydrogen) atoms. The van der Waals surface area contributed by atoms with Gasteiger partial charge in [0.25, 0.3) is 0 Å². The molecule has 172 valence electrons. The third kappa shape index (κ3) is 6.52. The van der Waals surface area contributed by atoms with E-state index in [1.807, 2.05) is 0 Å². The monoisotopic (exact) mass is 438 g/mol. The molecule has 0 aliphatic carbocycles. The van der Waals surface area contributed by atoms with Crippen molar-refractivity contribution in [2.75, 3.05) is 6.61 Å². The van der Waals surface area contributed by atoms with Crippen molar-refractivity contribution >= 4 is 11.0 Å². The van der Waals surface area contributed by atoms with E-state index in [9.17, 15) is 15.0 Å². The van der Waals surface area contributed by atoms with Crippen LogP contribution in [0.5, 0.6) is 17.2 Å². The van der Waals surface area contributed by atoms with Gasteiger partial charge in [-0.05, 0) is 24.1 Å². The Bertz CT molecular complexity index is 1040. The highest BCUT2D eigenvalue weighted by Crippen LogP contribution is 2.30. The Morgan fingerprint density at radius 3 is 2.12 bits per heavy atom. The van der Waals surface area contributed by atoms with E-state index in [0.717, 1.165) is 12.8 Å². The molecule has 0 fully saturated rings. The molecule has 0 aliphatic rings. The van der Waals surface area contributed by atoms with Crippen LogP contribution < -0.4 is 10.2 Å². The van der Waals surface area contributed by atoms with E-state index in [1.165, 1.54) is 75.8 Å². The van der Waals surface area contributed by atoms with Crippen LogP contribution >= 0.6 is 0 Å². The van der Waals surface area contributed by atoms with Gasteiger partial charge in [-0.2, -0.15) is 0 Å². The van der Waals surface area contributed by atoms with Crippen molar-refractivity contribution in [3.8, 4) is 28.4 Å². The van der Waals surface area contributed by atoms with Crippen LogP contribution in [-0.2, 0) is 0 Å². The number of benzene rings is 2. The van der Waals surface area contributed by atoms with Gasteiger partial charge in [0.2, 0.25) is 5.43 Å². The van der Waals surface area contributed by atoms with E-state index in [4.69, 9.17) is 9.15 Å². The largest absolute Gasteiger partial charge is 0.508 e. The second-order valence-corrected chi connectivity index (χ2v) is 8.37. The third-order valence-corrected chi connectivity index (χ3v) is 5.78. The van der Waals surface area contributed by atoms with Gasteiger partial charge in [0.15, 0.2) is 0 Å². The summed E-state index contributed by atoms with van der Waals surface area (Å²) in [7, 11) is 0. The van der Waals surface area contributed by atoms with Crippen LogP contribution in [-0.4, -0.2) is 16.8 Å². The van der Waals surface area contributed by atoms with E-state index in [1.54, 1.807) is 18.2 Å². The number of unbranched alkanes of at least 4 members (excludes halogenated alkanes) is 9. The Kier molecular flexibility index (Phi) is 9.02. The lowest BCUT2D eigenvalue weighted by atomic mass is 10.0. The van der Waals surface area contributed by atoms with Gasteiger partial charge in [-0.15, -0.1) is 0 Å². The summed E-state index contributed by atoms with van der Waals surface area (Å²) < 4.78 is 11.4. The molecule has 0 atom stereocenters. The Morgan fingerprint density at radius 2 is 1.47 bits per heavy atom. The lowest BCUT2D eigenvalue weighted by Crippen LogP contribution is -2.05. The zero-order valence-corrected chi connectivity index (χ0v) is 18.9. The van der Waals surface area contributed by atoms with Crippen LogP contribution in [0.4, 0.5) is 0 Å². The van der Waals surface area contributed by atoms with E-state index in [-0.39, 0.29) is 27.9 Å². The maximum atomic E-state index is 12.9. The number of phenols is 2. The zero-order chi connectivity index (χ0) is 22.8. The third-order valence-electron chi connectivity index (χ3n) is 5.78. The van der Waals surface area contributed by atoms with Crippen molar-refractivity contribution in [2.24, 2.45) is 0 Å². The fourth-order valence-corrected chi connectivity index (χ4v) is 3.91. The average molecular weight is 439 g/mol. The summed E-state index contributed by atoms with van der Waals surface area (Å²) in [6, 6.07) is 9.39. The van der Waals surface area contributed by atoms with Crippen molar-refractivity contribution < 1.29 is 19.4 Å². The summed E-state index contributed by atoms with van der Waals surface area (Å²) in [4.78, 5) is 12.9. The Labute approximate surface area is 189 Å². The van der Waals surface area contributed by atoms with Gasteiger partial charge in [-0.25, -0.2) is 0 Å². The first-order chi connectivity index (χ1) is 15.6. The zero-order valence-electron chi connectivity index (χ0n) is 18.9. The highest BCUT2D eigenvalue weighted by atomic mass is 16.5. The van der Waals surface area contributed by atoms with E-state index < -0.39 is 0 Å². The summed E-state index contributed by atoms with van der Waals surface area (Å²) in [6.07, 6.45) is 14.0. The number of ether oxygens (including phenoxy) is 1. The van der Waals surface area contributed by atoms with Gasteiger partial charge < -0.3 is 19.4 Å². The molecule has 5 nitrogen and oxygen atoms in total. The molecule has 3 aromatic rings. The summed E-state index contributed by atoms with van der Waals surface area (Å²) in [5, 5.41) is 20.0. The topological polar surface area (TPSA) is 79.9 Å². The fraction of sp³-hybridized carbons (Fsp3) is 0.444. The van der Waals surface area contributed by atoms with Crippen molar-refractivity contribution in [2.45, 2.75) is 71.1 Å². The van der Waals surface area contributed by atoms with Crippen LogP contribution in [0.2, 0.25) is 0 Å². The molecular formula is C27H34O5. The van der Waals surface area contributed by atoms with Gasteiger partial charge in [-0.3, -0.25) is 4.79 Å². The minimum absolute atomic E-state index is 0.117. The second-order valence-electron chi connectivity index (χ2n) is 8.37. The predicted octanol–water partition coefficient (Wildman–Crippen LogP) is 7.17. The van der Waals surface area contributed by atoms with Crippen LogP contribution in [0.3, 0.4) is 0 Å². The summed E-state index contributed by atoms with van der Waals surface area (Å²) in [6.45, 7) is 2.81. The van der Waals surface area contributed by atoms with Gasteiger partial charge in [-0.1, -0.05) is 76.8 Å². The molecule has 0 saturated heterocycles. The first-order valence-corrected chi connectivity index (χ1v) is 11.8. The quantitative estimate of drug-likeness (QED) is 0.277. The molecule has 2 aromatic carbocycles. The van der Waals surface area contributed by atoms with Crippen LogP contribution in [0.1, 0.15) is 71.1 Å². The summed E-state index contributed by atoms with van der Waals surface area (Å²) in [5.41, 5.74) is 0.900. The normalized spacial score (nSPS) is 11.2. The summed E-state index contributed by atoms with van der Waals surface area (Å²) >= 11 is 0. The maximum Gasteiger partial charge on any atom is 0.204 e. The first-order valence-electron chi connectivity index (χ1n) is 11.8. The minimum Gasteiger partial charge on any atom is -0.508 e. The molecule has 0 saturated carbocycles. The Balaban J connectivity index is 1.51. The average Bonchev–Trinajstić information content (AvgIpc) is 2.78. The van der Waals surface area contributed by atoms with Gasteiger partial charge in [0.1, 0.15) is 34.5 Å². The number of aromatic hydroxyl groups is 2. The number of hydrogen-bond acceptors (Lipinski definition) is 5. The summed E-state index contributed by atoms with van der Waals surface area (Å²) in [5.74, 6) is 0.451. The predicted molar refractivity (Wildman–Crippen MR) is 129 cm³/mol. The van der Waals surface area contributed by atoms with Crippen molar-refractivity contribution in [1.29, 1.82) is 0 Å². The molecule has 2 N–H and O–H groups in total. The number of hydrogen-bond donors (Lipinski definition) is 2. The van der Waals surface area contributed by atoms with Gasteiger partial charge in [0.05, 0.1) is 12.2 Å². The SMILES string of the molecule is CCCCCCCCCCCCOc1cc(O)c2c(=O)c(-c3ccc(O)cc3)coc2c1. The maximum absolute atomic E-state index is 12.9. The lowest BCUT2D eigenvalue weighted by Gasteiger charge is -2.09. The smallest absolute Gasteiger partial charge is 0.204 e. The standard InChI is InChI=1S/C27H34O5/c1-2-3-4-5-6-7-8-9-10-11-16-31-22-17-24(29)26-25(18-22)32-19-23(27(26)30)20-12-14-21(28)15-13-20/h12-15,17-19,28-29H,2-11,16H2,1H3. The Hall–Kier alpha value is -2.95. The Morgan fingerprint density at radius 1 is 0.844 bits per heavy atom. The van der Waals surface area contributed by atoms with Crippen molar-refractivity contribution in [1.82, 2.24) is 0 Å². The molecule has 1 heterocycles. The molecule has 3 rings (SSSR count). The molecule has 0 radical (unpaired) electrons. The number of rotatable bonds is 13. The molecule has 5 heteroatoms. The van der Waals surface area contributed by atoms with Crippen LogP contribution in [0.15, 0.2) is 51.9 Å². The highest BCUT2D eigenvalue weighted by Gasteiger charge is 2.14. The molecule has 0 amide bonds. The molecule has 1 aromatic heterocycles. The van der Waals surface area contributed by atoms with Crippen LogP contribution in [0, 0.1) is 0 Å². The van der Waals surface area contributed by atoms with Gasteiger partial charge >= 0.3 is 0 Å². The lowest BCUT2D eigenvalue weighted by molar-refractivity contribution is 0.302. The number of phenolic OH excluding ortho intramolecular Hbond substituents is 2. The molecule has 0 spiro atoms.